The number of rotatable bonds is 2. The molecule has 0 radical (unpaired) electrons. The van der Waals surface area contributed by atoms with Gasteiger partial charge in [-0.3, -0.25) is 4.79 Å². The molecule has 2 aromatic rings. The highest BCUT2D eigenvalue weighted by molar-refractivity contribution is 6.43. The van der Waals surface area contributed by atoms with Crippen LogP contribution in [0.2, 0.25) is 10.0 Å². The van der Waals surface area contributed by atoms with E-state index in [1.54, 1.807) is 25.3 Å². The van der Waals surface area contributed by atoms with Crippen molar-refractivity contribution >= 4 is 23.2 Å². The molecule has 1 aromatic heterocycles. The SMILES string of the molecule is Cc1cc(=O)c(C(C)N)cn1-c1cccc(Cl)c1Cl. The van der Waals surface area contributed by atoms with E-state index in [0.29, 0.717) is 15.6 Å². The van der Waals surface area contributed by atoms with Gasteiger partial charge in [-0.15, -0.1) is 0 Å². The van der Waals surface area contributed by atoms with Crippen LogP contribution < -0.4 is 11.2 Å². The smallest absolute Gasteiger partial charge is 0.186 e. The molecule has 1 heterocycles. The molecular weight excluding hydrogens is 283 g/mol. The summed E-state index contributed by atoms with van der Waals surface area (Å²) in [5, 5.41) is 0.922. The van der Waals surface area contributed by atoms with E-state index in [1.807, 2.05) is 23.6 Å². The molecule has 0 saturated heterocycles. The predicted octanol–water partition coefficient (Wildman–Crippen LogP) is 3.47. The van der Waals surface area contributed by atoms with Crippen LogP contribution in [-0.2, 0) is 0 Å². The number of pyridine rings is 1. The number of benzene rings is 1. The summed E-state index contributed by atoms with van der Waals surface area (Å²) in [7, 11) is 0. The van der Waals surface area contributed by atoms with Gasteiger partial charge in [0.1, 0.15) is 0 Å². The third-order valence-electron chi connectivity index (χ3n) is 2.95. The van der Waals surface area contributed by atoms with Crippen molar-refractivity contribution in [2.24, 2.45) is 5.73 Å². The molecule has 0 amide bonds. The van der Waals surface area contributed by atoms with Crippen molar-refractivity contribution in [2.75, 3.05) is 0 Å². The highest BCUT2D eigenvalue weighted by Crippen LogP contribution is 2.29. The average molecular weight is 297 g/mol. The summed E-state index contributed by atoms with van der Waals surface area (Å²) in [4.78, 5) is 11.9. The van der Waals surface area contributed by atoms with Crippen LogP contribution in [0.4, 0.5) is 0 Å². The zero-order valence-corrected chi connectivity index (χ0v) is 12.2. The fourth-order valence-corrected chi connectivity index (χ4v) is 2.31. The molecule has 100 valence electrons. The van der Waals surface area contributed by atoms with Crippen LogP contribution in [0.25, 0.3) is 5.69 Å². The molecule has 0 spiro atoms. The summed E-state index contributed by atoms with van der Waals surface area (Å²) in [6.07, 6.45) is 1.72. The summed E-state index contributed by atoms with van der Waals surface area (Å²) in [6, 6.07) is 6.59. The van der Waals surface area contributed by atoms with E-state index in [1.165, 1.54) is 0 Å². The van der Waals surface area contributed by atoms with Crippen molar-refractivity contribution in [1.82, 2.24) is 4.57 Å². The number of aryl methyl sites for hydroxylation is 1. The third kappa shape index (κ3) is 2.68. The molecular formula is C14H14Cl2N2O. The minimum absolute atomic E-state index is 0.0677. The van der Waals surface area contributed by atoms with Crippen molar-refractivity contribution < 1.29 is 0 Å². The van der Waals surface area contributed by atoms with Gasteiger partial charge in [0, 0.05) is 29.6 Å². The van der Waals surface area contributed by atoms with Gasteiger partial charge in [-0.25, -0.2) is 0 Å². The first-order chi connectivity index (χ1) is 8.91. The van der Waals surface area contributed by atoms with Crippen molar-refractivity contribution in [3.63, 3.8) is 0 Å². The number of hydrogen-bond acceptors (Lipinski definition) is 2. The van der Waals surface area contributed by atoms with Crippen molar-refractivity contribution in [1.29, 1.82) is 0 Å². The lowest BCUT2D eigenvalue weighted by atomic mass is 10.1. The van der Waals surface area contributed by atoms with Crippen LogP contribution in [0, 0.1) is 6.92 Å². The maximum atomic E-state index is 11.9. The van der Waals surface area contributed by atoms with E-state index in [4.69, 9.17) is 28.9 Å². The molecule has 0 aliphatic rings. The van der Waals surface area contributed by atoms with Gasteiger partial charge in [0.25, 0.3) is 0 Å². The molecule has 2 rings (SSSR count). The Labute approximate surface area is 121 Å². The van der Waals surface area contributed by atoms with E-state index < -0.39 is 0 Å². The van der Waals surface area contributed by atoms with Gasteiger partial charge in [0.05, 0.1) is 15.7 Å². The van der Waals surface area contributed by atoms with Crippen LogP contribution in [0.5, 0.6) is 0 Å². The Morgan fingerprint density at radius 3 is 2.63 bits per heavy atom. The molecule has 3 nitrogen and oxygen atoms in total. The van der Waals surface area contributed by atoms with E-state index in [0.717, 1.165) is 11.4 Å². The summed E-state index contributed by atoms with van der Waals surface area (Å²) >= 11 is 12.2. The van der Waals surface area contributed by atoms with E-state index in [-0.39, 0.29) is 11.5 Å². The first-order valence-corrected chi connectivity index (χ1v) is 6.60. The second-order valence-corrected chi connectivity index (χ2v) is 5.25. The monoisotopic (exact) mass is 296 g/mol. The lowest BCUT2D eigenvalue weighted by Crippen LogP contribution is -2.20. The van der Waals surface area contributed by atoms with Gasteiger partial charge in [-0.1, -0.05) is 29.3 Å². The van der Waals surface area contributed by atoms with Crippen LogP contribution in [0.15, 0.2) is 35.3 Å². The van der Waals surface area contributed by atoms with Crippen LogP contribution in [0.3, 0.4) is 0 Å². The van der Waals surface area contributed by atoms with Gasteiger partial charge in [-0.2, -0.15) is 0 Å². The molecule has 0 aliphatic carbocycles. The Morgan fingerprint density at radius 1 is 1.32 bits per heavy atom. The van der Waals surface area contributed by atoms with Gasteiger partial charge >= 0.3 is 0 Å². The van der Waals surface area contributed by atoms with Gasteiger partial charge in [0.15, 0.2) is 5.43 Å². The second-order valence-electron chi connectivity index (χ2n) is 4.47. The molecule has 1 unspecified atom stereocenters. The van der Waals surface area contributed by atoms with E-state index >= 15 is 0 Å². The Bertz CT molecular complexity index is 678. The molecule has 5 heteroatoms. The Hall–Kier alpha value is -1.29. The standard InChI is InChI=1S/C14H14Cl2N2O/c1-8-6-13(19)10(9(2)17)7-18(8)12-5-3-4-11(15)14(12)16/h3-7,9H,17H2,1-2H3. The molecule has 0 bridgehead atoms. The summed E-state index contributed by atoms with van der Waals surface area (Å²) in [6.45, 7) is 3.61. The van der Waals surface area contributed by atoms with Crippen LogP contribution >= 0.6 is 23.2 Å². The molecule has 1 atom stereocenters. The zero-order valence-electron chi connectivity index (χ0n) is 10.7. The van der Waals surface area contributed by atoms with Crippen LogP contribution in [-0.4, -0.2) is 4.57 Å². The first kappa shape index (κ1) is 14.1. The zero-order chi connectivity index (χ0) is 14.2. The first-order valence-electron chi connectivity index (χ1n) is 5.85. The Kier molecular flexibility index (Phi) is 3.99. The summed E-state index contributed by atoms with van der Waals surface area (Å²) in [5.74, 6) is 0. The number of aromatic nitrogens is 1. The van der Waals surface area contributed by atoms with E-state index in [9.17, 15) is 4.79 Å². The quantitative estimate of drug-likeness (QED) is 0.922. The van der Waals surface area contributed by atoms with Gasteiger partial charge in [0.2, 0.25) is 0 Å². The van der Waals surface area contributed by atoms with Crippen molar-refractivity contribution in [2.45, 2.75) is 19.9 Å². The predicted molar refractivity (Wildman–Crippen MR) is 79.4 cm³/mol. The lowest BCUT2D eigenvalue weighted by Gasteiger charge is -2.16. The molecule has 0 fully saturated rings. The number of halogens is 2. The summed E-state index contributed by atoms with van der Waals surface area (Å²) < 4.78 is 1.83. The topological polar surface area (TPSA) is 48.0 Å². The van der Waals surface area contributed by atoms with Crippen molar-refractivity contribution in [3.05, 3.63) is 62.0 Å². The fraction of sp³-hybridized carbons (Fsp3) is 0.214. The molecule has 0 aliphatic heterocycles. The minimum atomic E-state index is -0.336. The summed E-state index contributed by atoms with van der Waals surface area (Å²) in [5.41, 5.74) is 7.79. The normalized spacial score (nSPS) is 12.5. The Morgan fingerprint density at radius 2 is 2.00 bits per heavy atom. The number of nitrogens with zero attached hydrogens (tertiary/aromatic N) is 1. The minimum Gasteiger partial charge on any atom is -0.324 e. The van der Waals surface area contributed by atoms with Crippen LogP contribution in [0.1, 0.15) is 24.2 Å². The maximum Gasteiger partial charge on any atom is 0.186 e. The average Bonchev–Trinajstić information content (AvgIpc) is 2.33. The third-order valence-corrected chi connectivity index (χ3v) is 3.76. The maximum absolute atomic E-state index is 11.9. The number of hydrogen-bond donors (Lipinski definition) is 1. The Balaban J connectivity index is 2.72. The highest BCUT2D eigenvalue weighted by atomic mass is 35.5. The lowest BCUT2D eigenvalue weighted by molar-refractivity contribution is 0.786. The largest absolute Gasteiger partial charge is 0.324 e. The molecule has 2 N–H and O–H groups in total. The number of nitrogens with two attached hydrogens (primary N) is 1. The molecule has 19 heavy (non-hydrogen) atoms. The van der Waals surface area contributed by atoms with Crippen molar-refractivity contribution in [3.8, 4) is 5.69 Å². The highest BCUT2D eigenvalue weighted by Gasteiger charge is 2.12. The van der Waals surface area contributed by atoms with Gasteiger partial charge in [-0.05, 0) is 26.0 Å². The second kappa shape index (κ2) is 5.37. The molecule has 1 aromatic carbocycles. The fourth-order valence-electron chi connectivity index (χ4n) is 1.93. The molecule has 0 saturated carbocycles. The van der Waals surface area contributed by atoms with Gasteiger partial charge < -0.3 is 10.3 Å². The van der Waals surface area contributed by atoms with E-state index in [2.05, 4.69) is 0 Å².